The molecule has 8 heteroatoms. The number of rotatable bonds is 4. The highest BCUT2D eigenvalue weighted by atomic mass is 79.9. The molecular formula is C15H15BrF3N3O. The highest BCUT2D eigenvalue weighted by molar-refractivity contribution is 9.10. The van der Waals surface area contributed by atoms with E-state index < -0.39 is 11.7 Å². The normalized spacial score (nSPS) is 11.6. The third-order valence-corrected chi connectivity index (χ3v) is 4.47. The van der Waals surface area contributed by atoms with E-state index in [1.807, 2.05) is 13.8 Å². The molecule has 0 radical (unpaired) electrons. The van der Waals surface area contributed by atoms with Crippen molar-refractivity contribution in [1.82, 2.24) is 9.78 Å². The number of aromatic nitrogens is 2. The van der Waals surface area contributed by atoms with Crippen molar-refractivity contribution >= 4 is 27.5 Å². The Balaban J connectivity index is 1.99. The van der Waals surface area contributed by atoms with E-state index in [0.717, 1.165) is 28.0 Å². The highest BCUT2D eigenvalue weighted by Gasteiger charge is 2.30. The van der Waals surface area contributed by atoms with Crippen molar-refractivity contribution in [3.63, 3.8) is 0 Å². The number of carbonyl (C=O) groups excluding carboxylic acids is 1. The molecule has 1 aromatic heterocycles. The van der Waals surface area contributed by atoms with Gasteiger partial charge in [-0.05, 0) is 48.0 Å². The Morgan fingerprint density at radius 3 is 2.61 bits per heavy atom. The average Bonchev–Trinajstić information content (AvgIpc) is 2.72. The summed E-state index contributed by atoms with van der Waals surface area (Å²) < 4.78 is 40.5. The van der Waals surface area contributed by atoms with Gasteiger partial charge in [0.25, 0.3) is 0 Å². The van der Waals surface area contributed by atoms with Crippen LogP contribution < -0.4 is 5.32 Å². The van der Waals surface area contributed by atoms with Gasteiger partial charge in [0.05, 0.1) is 22.3 Å². The molecule has 2 aromatic rings. The van der Waals surface area contributed by atoms with Crippen LogP contribution in [0.4, 0.5) is 18.9 Å². The summed E-state index contributed by atoms with van der Waals surface area (Å²) in [6.07, 6.45) is -4.32. The minimum atomic E-state index is -4.43. The quantitative estimate of drug-likeness (QED) is 0.846. The van der Waals surface area contributed by atoms with Crippen LogP contribution in [-0.4, -0.2) is 15.7 Å². The summed E-state index contributed by atoms with van der Waals surface area (Å²) >= 11 is 3.40. The summed E-state index contributed by atoms with van der Waals surface area (Å²) in [5.74, 6) is -0.368. The second-order valence-electron chi connectivity index (χ2n) is 5.08. The largest absolute Gasteiger partial charge is 0.416 e. The molecule has 0 aliphatic carbocycles. The van der Waals surface area contributed by atoms with Gasteiger partial charge in [-0.3, -0.25) is 9.48 Å². The number of halogens is 4. The molecule has 4 nitrogen and oxygen atoms in total. The van der Waals surface area contributed by atoms with Crippen molar-refractivity contribution in [1.29, 1.82) is 0 Å². The van der Waals surface area contributed by atoms with Crippen LogP contribution in [-0.2, 0) is 17.5 Å². The van der Waals surface area contributed by atoms with Crippen molar-refractivity contribution < 1.29 is 18.0 Å². The van der Waals surface area contributed by atoms with E-state index in [1.165, 1.54) is 12.1 Å². The Morgan fingerprint density at radius 2 is 2.04 bits per heavy atom. The van der Waals surface area contributed by atoms with Gasteiger partial charge in [-0.25, -0.2) is 0 Å². The van der Waals surface area contributed by atoms with Crippen LogP contribution in [0.3, 0.4) is 0 Å². The Morgan fingerprint density at radius 1 is 1.35 bits per heavy atom. The zero-order valence-corrected chi connectivity index (χ0v) is 14.1. The Kier molecular flexibility index (Phi) is 5.13. The first kappa shape index (κ1) is 17.5. The Bertz CT molecular complexity index is 725. The number of aryl methyl sites for hydroxylation is 2. The van der Waals surface area contributed by atoms with E-state index in [-0.39, 0.29) is 18.0 Å². The molecule has 0 saturated carbocycles. The molecule has 124 valence electrons. The van der Waals surface area contributed by atoms with E-state index in [0.29, 0.717) is 6.54 Å². The number of nitrogens with zero attached hydrogens (tertiary/aromatic N) is 2. The van der Waals surface area contributed by atoms with Crippen LogP contribution >= 0.6 is 15.9 Å². The summed E-state index contributed by atoms with van der Waals surface area (Å²) in [5, 5.41) is 6.75. The summed E-state index contributed by atoms with van der Waals surface area (Å²) in [6, 6.07) is 4.56. The number of hydrogen-bond donors (Lipinski definition) is 1. The van der Waals surface area contributed by atoms with Crippen LogP contribution in [0.25, 0.3) is 0 Å². The third-order valence-electron chi connectivity index (χ3n) is 3.32. The van der Waals surface area contributed by atoms with Crippen molar-refractivity contribution in [3.8, 4) is 0 Å². The molecule has 0 unspecified atom stereocenters. The van der Waals surface area contributed by atoms with Crippen molar-refractivity contribution in [2.75, 3.05) is 5.32 Å². The molecule has 1 heterocycles. The summed E-state index contributed by atoms with van der Waals surface area (Å²) in [5.41, 5.74) is 1.05. The smallest absolute Gasteiger partial charge is 0.326 e. The topological polar surface area (TPSA) is 46.9 Å². The van der Waals surface area contributed by atoms with Gasteiger partial charge in [-0.1, -0.05) is 6.07 Å². The fourth-order valence-corrected chi connectivity index (χ4v) is 2.38. The molecule has 1 N–H and O–H groups in total. The fraction of sp³-hybridized carbons (Fsp3) is 0.333. The standard InChI is InChI=1S/C15H15BrF3N3O/c1-9-14(16)10(2)22(21-9)7-6-13(23)20-12-5-3-4-11(8-12)15(17,18)19/h3-5,8H,6-7H2,1-2H3,(H,20,23). The fourth-order valence-electron chi connectivity index (χ4n) is 2.10. The Labute approximate surface area is 139 Å². The molecule has 2 rings (SSSR count). The van der Waals surface area contributed by atoms with Gasteiger partial charge in [0, 0.05) is 17.8 Å². The molecule has 1 amide bonds. The van der Waals surface area contributed by atoms with Crippen LogP contribution in [0.5, 0.6) is 0 Å². The molecule has 0 atom stereocenters. The average molecular weight is 390 g/mol. The number of alkyl halides is 3. The molecule has 0 aliphatic heterocycles. The second kappa shape index (κ2) is 6.74. The summed E-state index contributed by atoms with van der Waals surface area (Å²) in [7, 11) is 0. The predicted molar refractivity (Wildman–Crippen MR) is 84.1 cm³/mol. The highest BCUT2D eigenvalue weighted by Crippen LogP contribution is 2.30. The van der Waals surface area contributed by atoms with Gasteiger partial charge in [0.2, 0.25) is 5.91 Å². The first-order valence-electron chi connectivity index (χ1n) is 6.85. The lowest BCUT2D eigenvalue weighted by Crippen LogP contribution is -2.16. The lowest BCUT2D eigenvalue weighted by atomic mass is 10.2. The van der Waals surface area contributed by atoms with Crippen LogP contribution in [0, 0.1) is 13.8 Å². The Hall–Kier alpha value is -1.83. The minimum Gasteiger partial charge on any atom is -0.326 e. The van der Waals surface area contributed by atoms with Gasteiger partial charge in [0.1, 0.15) is 0 Å². The molecule has 23 heavy (non-hydrogen) atoms. The van der Waals surface area contributed by atoms with Gasteiger partial charge >= 0.3 is 6.18 Å². The van der Waals surface area contributed by atoms with E-state index >= 15 is 0 Å². The van der Waals surface area contributed by atoms with Crippen molar-refractivity contribution in [2.45, 2.75) is 33.0 Å². The number of nitrogens with one attached hydrogen (secondary N) is 1. The van der Waals surface area contributed by atoms with E-state index in [4.69, 9.17) is 0 Å². The second-order valence-corrected chi connectivity index (χ2v) is 5.88. The van der Waals surface area contributed by atoms with Gasteiger partial charge in [-0.15, -0.1) is 0 Å². The maximum Gasteiger partial charge on any atom is 0.416 e. The number of amides is 1. The SMILES string of the molecule is Cc1nn(CCC(=O)Nc2cccc(C(F)(F)F)c2)c(C)c1Br. The van der Waals surface area contributed by atoms with Crippen molar-refractivity contribution in [2.24, 2.45) is 0 Å². The van der Waals surface area contributed by atoms with E-state index in [1.54, 1.807) is 4.68 Å². The number of benzene rings is 1. The molecule has 0 bridgehead atoms. The van der Waals surface area contributed by atoms with Crippen LogP contribution in [0.1, 0.15) is 23.4 Å². The first-order valence-corrected chi connectivity index (χ1v) is 7.64. The maximum absolute atomic E-state index is 12.6. The van der Waals surface area contributed by atoms with E-state index in [9.17, 15) is 18.0 Å². The molecule has 0 saturated heterocycles. The zero-order valence-electron chi connectivity index (χ0n) is 12.5. The molecular weight excluding hydrogens is 375 g/mol. The predicted octanol–water partition coefficient (Wildman–Crippen LogP) is 4.31. The van der Waals surface area contributed by atoms with Gasteiger partial charge in [0.15, 0.2) is 0 Å². The van der Waals surface area contributed by atoms with Crippen LogP contribution in [0.15, 0.2) is 28.7 Å². The maximum atomic E-state index is 12.6. The minimum absolute atomic E-state index is 0.116. The summed E-state index contributed by atoms with van der Waals surface area (Å²) in [6.45, 7) is 4.06. The summed E-state index contributed by atoms with van der Waals surface area (Å²) in [4.78, 5) is 11.9. The lowest BCUT2D eigenvalue weighted by molar-refractivity contribution is -0.137. The van der Waals surface area contributed by atoms with E-state index in [2.05, 4.69) is 26.3 Å². The monoisotopic (exact) mass is 389 g/mol. The molecule has 0 fully saturated rings. The molecule has 0 spiro atoms. The lowest BCUT2D eigenvalue weighted by Gasteiger charge is -2.10. The van der Waals surface area contributed by atoms with Crippen molar-refractivity contribution in [3.05, 3.63) is 45.7 Å². The van der Waals surface area contributed by atoms with Gasteiger partial charge in [-0.2, -0.15) is 18.3 Å². The molecule has 0 aliphatic rings. The number of anilines is 1. The van der Waals surface area contributed by atoms with Gasteiger partial charge < -0.3 is 5.32 Å². The first-order chi connectivity index (χ1) is 10.7. The zero-order chi connectivity index (χ0) is 17.2. The van der Waals surface area contributed by atoms with Crippen LogP contribution in [0.2, 0.25) is 0 Å². The number of hydrogen-bond acceptors (Lipinski definition) is 2. The number of carbonyl (C=O) groups is 1. The third kappa shape index (κ3) is 4.34. The molecule has 1 aromatic carbocycles.